The summed E-state index contributed by atoms with van der Waals surface area (Å²) in [4.78, 5) is 3.93. The number of nitrogens with zero attached hydrogens (tertiary/aromatic N) is 1. The average molecular weight is 245 g/mol. The summed E-state index contributed by atoms with van der Waals surface area (Å²) in [7, 11) is 3.16. The minimum atomic E-state index is -0.766. The van der Waals surface area contributed by atoms with Crippen molar-refractivity contribution < 1.29 is 14.6 Å². The first-order chi connectivity index (χ1) is 8.76. The Kier molecular flexibility index (Phi) is 3.79. The Labute approximate surface area is 106 Å². The molecule has 0 radical (unpaired) electrons. The highest BCUT2D eigenvalue weighted by molar-refractivity contribution is 5.44. The van der Waals surface area contributed by atoms with Gasteiger partial charge >= 0.3 is 0 Å². The van der Waals surface area contributed by atoms with Gasteiger partial charge in [0.2, 0.25) is 0 Å². The molecule has 0 aliphatic rings. The molecular weight excluding hydrogens is 230 g/mol. The third-order valence-corrected chi connectivity index (χ3v) is 2.75. The highest BCUT2D eigenvalue weighted by atomic mass is 16.5. The van der Waals surface area contributed by atoms with E-state index >= 15 is 0 Å². The monoisotopic (exact) mass is 245 g/mol. The molecule has 94 valence electrons. The molecule has 1 heterocycles. The fourth-order valence-electron chi connectivity index (χ4n) is 1.78. The third kappa shape index (κ3) is 2.43. The van der Waals surface area contributed by atoms with Crippen molar-refractivity contribution in [1.82, 2.24) is 4.98 Å². The number of methoxy groups -OCH3 is 2. The molecule has 0 aliphatic carbocycles. The summed E-state index contributed by atoms with van der Waals surface area (Å²) < 4.78 is 10.4. The molecule has 1 unspecified atom stereocenters. The maximum Gasteiger partial charge on any atom is 0.125 e. The molecule has 0 saturated heterocycles. The minimum absolute atomic E-state index is 0.625. The molecule has 4 heteroatoms. The van der Waals surface area contributed by atoms with Crippen LogP contribution in [0.2, 0.25) is 0 Å². The second-order valence-electron chi connectivity index (χ2n) is 3.79. The van der Waals surface area contributed by atoms with Crippen LogP contribution in [-0.4, -0.2) is 24.3 Å². The van der Waals surface area contributed by atoms with Gasteiger partial charge in [0.25, 0.3) is 0 Å². The topological polar surface area (TPSA) is 51.6 Å². The first-order valence-corrected chi connectivity index (χ1v) is 5.56. The lowest BCUT2D eigenvalue weighted by molar-refractivity contribution is 0.214. The Morgan fingerprint density at radius 2 is 1.78 bits per heavy atom. The third-order valence-electron chi connectivity index (χ3n) is 2.75. The summed E-state index contributed by atoms with van der Waals surface area (Å²) >= 11 is 0. The van der Waals surface area contributed by atoms with Crippen LogP contribution in [0, 0.1) is 0 Å². The largest absolute Gasteiger partial charge is 0.497 e. The Bertz CT molecular complexity index is 514. The molecule has 0 amide bonds. The van der Waals surface area contributed by atoms with Crippen molar-refractivity contribution in [1.29, 1.82) is 0 Å². The maximum atomic E-state index is 10.4. The molecule has 1 aromatic heterocycles. The zero-order chi connectivity index (χ0) is 13.0. The van der Waals surface area contributed by atoms with Crippen LogP contribution in [0.5, 0.6) is 11.5 Å². The van der Waals surface area contributed by atoms with Crippen LogP contribution in [0.15, 0.2) is 42.7 Å². The molecule has 0 fully saturated rings. The van der Waals surface area contributed by atoms with Gasteiger partial charge in [-0.15, -0.1) is 0 Å². The van der Waals surface area contributed by atoms with Crippen molar-refractivity contribution in [2.45, 2.75) is 6.10 Å². The van der Waals surface area contributed by atoms with Gasteiger partial charge in [-0.25, -0.2) is 0 Å². The van der Waals surface area contributed by atoms with Crippen molar-refractivity contribution in [2.75, 3.05) is 14.2 Å². The van der Waals surface area contributed by atoms with Gasteiger partial charge in [0, 0.05) is 18.0 Å². The van der Waals surface area contributed by atoms with Crippen LogP contribution in [0.3, 0.4) is 0 Å². The van der Waals surface area contributed by atoms with E-state index in [1.54, 1.807) is 56.9 Å². The SMILES string of the molecule is COc1ccc(OC)c(C(O)c2ccncc2)c1. The first-order valence-electron chi connectivity index (χ1n) is 5.56. The quantitative estimate of drug-likeness (QED) is 0.897. The summed E-state index contributed by atoms with van der Waals surface area (Å²) in [6, 6.07) is 8.87. The number of aliphatic hydroxyl groups excluding tert-OH is 1. The van der Waals surface area contributed by atoms with Crippen molar-refractivity contribution in [2.24, 2.45) is 0 Å². The Morgan fingerprint density at radius 3 is 2.39 bits per heavy atom. The van der Waals surface area contributed by atoms with Gasteiger partial charge in [-0.1, -0.05) is 0 Å². The number of hydrogen-bond acceptors (Lipinski definition) is 4. The van der Waals surface area contributed by atoms with E-state index in [-0.39, 0.29) is 0 Å². The summed E-state index contributed by atoms with van der Waals surface area (Å²) in [6.07, 6.45) is 2.52. The van der Waals surface area contributed by atoms with Gasteiger partial charge in [0.15, 0.2) is 0 Å². The van der Waals surface area contributed by atoms with Gasteiger partial charge < -0.3 is 14.6 Å². The standard InChI is InChI=1S/C14H15NO3/c1-17-11-3-4-13(18-2)12(9-11)14(16)10-5-7-15-8-6-10/h3-9,14,16H,1-2H3. The lowest BCUT2D eigenvalue weighted by atomic mass is 10.0. The molecule has 0 spiro atoms. The van der Waals surface area contributed by atoms with Gasteiger partial charge in [-0.3, -0.25) is 4.98 Å². The normalized spacial score (nSPS) is 11.9. The number of rotatable bonds is 4. The highest BCUT2D eigenvalue weighted by Crippen LogP contribution is 2.32. The summed E-state index contributed by atoms with van der Waals surface area (Å²) in [5.74, 6) is 1.30. The molecule has 2 rings (SSSR count). The first kappa shape index (κ1) is 12.4. The van der Waals surface area contributed by atoms with E-state index in [0.29, 0.717) is 17.1 Å². The van der Waals surface area contributed by atoms with Crippen LogP contribution in [0.1, 0.15) is 17.2 Å². The average Bonchev–Trinajstić information content (AvgIpc) is 2.46. The van der Waals surface area contributed by atoms with Crippen LogP contribution in [0.4, 0.5) is 0 Å². The zero-order valence-electron chi connectivity index (χ0n) is 10.3. The second-order valence-corrected chi connectivity index (χ2v) is 3.79. The van der Waals surface area contributed by atoms with Crippen molar-refractivity contribution >= 4 is 0 Å². The van der Waals surface area contributed by atoms with Crippen LogP contribution in [-0.2, 0) is 0 Å². The number of aromatic nitrogens is 1. The molecule has 4 nitrogen and oxygen atoms in total. The highest BCUT2D eigenvalue weighted by Gasteiger charge is 2.16. The summed E-state index contributed by atoms with van der Waals surface area (Å²) in [5.41, 5.74) is 1.43. The fraction of sp³-hybridized carbons (Fsp3) is 0.214. The van der Waals surface area contributed by atoms with E-state index in [1.165, 1.54) is 0 Å². The number of aliphatic hydroxyl groups is 1. The summed E-state index contributed by atoms with van der Waals surface area (Å²) in [6.45, 7) is 0. The van der Waals surface area contributed by atoms with Crippen LogP contribution >= 0.6 is 0 Å². The second kappa shape index (κ2) is 5.51. The maximum absolute atomic E-state index is 10.4. The molecular formula is C14H15NO3. The predicted molar refractivity (Wildman–Crippen MR) is 67.8 cm³/mol. The number of hydrogen-bond donors (Lipinski definition) is 1. The molecule has 1 aromatic carbocycles. The van der Waals surface area contributed by atoms with E-state index in [2.05, 4.69) is 4.98 Å². The Morgan fingerprint density at radius 1 is 1.06 bits per heavy atom. The van der Waals surface area contributed by atoms with Gasteiger partial charge in [-0.2, -0.15) is 0 Å². The van der Waals surface area contributed by atoms with E-state index in [9.17, 15) is 5.11 Å². The molecule has 0 saturated carbocycles. The molecule has 1 N–H and O–H groups in total. The van der Waals surface area contributed by atoms with Gasteiger partial charge in [0.1, 0.15) is 17.6 Å². The molecule has 0 aliphatic heterocycles. The van der Waals surface area contributed by atoms with E-state index in [0.717, 1.165) is 5.56 Å². The Balaban J connectivity index is 2.42. The van der Waals surface area contributed by atoms with Crippen LogP contribution < -0.4 is 9.47 Å². The van der Waals surface area contributed by atoms with Crippen LogP contribution in [0.25, 0.3) is 0 Å². The lowest BCUT2D eigenvalue weighted by Gasteiger charge is -2.16. The zero-order valence-corrected chi connectivity index (χ0v) is 10.3. The molecule has 0 bridgehead atoms. The minimum Gasteiger partial charge on any atom is -0.497 e. The van der Waals surface area contributed by atoms with E-state index < -0.39 is 6.10 Å². The molecule has 2 aromatic rings. The van der Waals surface area contributed by atoms with Crippen molar-refractivity contribution in [3.05, 3.63) is 53.9 Å². The van der Waals surface area contributed by atoms with Crippen molar-refractivity contribution in [3.63, 3.8) is 0 Å². The lowest BCUT2D eigenvalue weighted by Crippen LogP contribution is -2.03. The fourth-order valence-corrected chi connectivity index (χ4v) is 1.78. The Hall–Kier alpha value is -2.07. The van der Waals surface area contributed by atoms with E-state index in [1.807, 2.05) is 0 Å². The smallest absolute Gasteiger partial charge is 0.125 e. The number of pyridine rings is 1. The van der Waals surface area contributed by atoms with Gasteiger partial charge in [-0.05, 0) is 35.9 Å². The number of benzene rings is 1. The van der Waals surface area contributed by atoms with Gasteiger partial charge in [0.05, 0.1) is 14.2 Å². The molecule has 1 atom stereocenters. The number of ether oxygens (including phenoxy) is 2. The molecule has 18 heavy (non-hydrogen) atoms. The van der Waals surface area contributed by atoms with Crippen molar-refractivity contribution in [3.8, 4) is 11.5 Å². The predicted octanol–water partition coefficient (Wildman–Crippen LogP) is 2.18. The van der Waals surface area contributed by atoms with E-state index in [4.69, 9.17) is 9.47 Å². The summed E-state index contributed by atoms with van der Waals surface area (Å²) in [5, 5.41) is 10.4.